The number of amides is 1. The van der Waals surface area contributed by atoms with Gasteiger partial charge in [0.1, 0.15) is 5.75 Å². The highest BCUT2D eigenvalue weighted by molar-refractivity contribution is 6.34. The monoisotopic (exact) mass is 406 g/mol. The van der Waals surface area contributed by atoms with Crippen LogP contribution in [0.1, 0.15) is 30.4 Å². The van der Waals surface area contributed by atoms with Gasteiger partial charge in [-0.15, -0.1) is 0 Å². The first kappa shape index (κ1) is 19.8. The van der Waals surface area contributed by atoms with Crippen LogP contribution in [0.4, 0.5) is 11.4 Å². The second kappa shape index (κ2) is 8.85. The van der Waals surface area contributed by atoms with Crippen molar-refractivity contribution < 1.29 is 9.53 Å². The van der Waals surface area contributed by atoms with Crippen LogP contribution >= 0.6 is 23.2 Å². The van der Waals surface area contributed by atoms with Gasteiger partial charge in [-0.05, 0) is 68.5 Å². The molecule has 1 aliphatic heterocycles. The van der Waals surface area contributed by atoms with Crippen molar-refractivity contribution in [3.05, 3.63) is 51.5 Å². The van der Waals surface area contributed by atoms with Crippen molar-refractivity contribution >= 4 is 40.5 Å². The summed E-state index contributed by atoms with van der Waals surface area (Å²) in [6.07, 6.45) is 3.50. The summed E-state index contributed by atoms with van der Waals surface area (Å²) in [5, 5.41) is 4.32. The van der Waals surface area contributed by atoms with Crippen molar-refractivity contribution in [2.75, 3.05) is 29.9 Å². The van der Waals surface area contributed by atoms with E-state index in [2.05, 4.69) is 10.2 Å². The van der Waals surface area contributed by atoms with Gasteiger partial charge in [0.05, 0.1) is 16.4 Å². The third-order valence-corrected chi connectivity index (χ3v) is 5.61. The summed E-state index contributed by atoms with van der Waals surface area (Å²) in [4.78, 5) is 14.7. The summed E-state index contributed by atoms with van der Waals surface area (Å²) in [5.74, 6) is 0.410. The van der Waals surface area contributed by atoms with Crippen LogP contribution in [0, 0.1) is 13.8 Å². The van der Waals surface area contributed by atoms with Gasteiger partial charge in [-0.3, -0.25) is 4.79 Å². The molecule has 3 rings (SSSR count). The minimum Gasteiger partial charge on any atom is -0.484 e. The van der Waals surface area contributed by atoms with Gasteiger partial charge in [-0.1, -0.05) is 29.3 Å². The van der Waals surface area contributed by atoms with Crippen molar-refractivity contribution in [2.24, 2.45) is 0 Å². The van der Waals surface area contributed by atoms with Crippen LogP contribution in [0.3, 0.4) is 0 Å². The molecule has 144 valence electrons. The molecule has 0 unspecified atom stereocenters. The SMILES string of the molecule is Cc1cc(OCC(=O)Nc2cccc(Cl)c2N2CCCCC2)cc(C)c1Cl. The van der Waals surface area contributed by atoms with Crippen molar-refractivity contribution in [3.8, 4) is 5.75 Å². The highest BCUT2D eigenvalue weighted by atomic mass is 35.5. The van der Waals surface area contributed by atoms with Gasteiger partial charge in [0, 0.05) is 18.1 Å². The first-order chi connectivity index (χ1) is 13.0. The van der Waals surface area contributed by atoms with E-state index < -0.39 is 0 Å². The zero-order valence-electron chi connectivity index (χ0n) is 15.6. The Hall–Kier alpha value is -1.91. The number of halogens is 2. The Morgan fingerprint density at radius 1 is 1.11 bits per heavy atom. The third-order valence-electron chi connectivity index (χ3n) is 4.71. The average molecular weight is 407 g/mol. The number of para-hydroxylation sites is 1. The number of aryl methyl sites for hydroxylation is 2. The summed E-state index contributed by atoms with van der Waals surface area (Å²) in [6.45, 7) is 5.66. The second-order valence-corrected chi connectivity index (χ2v) is 7.68. The topological polar surface area (TPSA) is 41.6 Å². The van der Waals surface area contributed by atoms with Crippen LogP contribution in [0.15, 0.2) is 30.3 Å². The summed E-state index contributed by atoms with van der Waals surface area (Å²) >= 11 is 12.6. The molecule has 0 bridgehead atoms. The van der Waals surface area contributed by atoms with Gasteiger partial charge in [-0.25, -0.2) is 0 Å². The molecule has 1 saturated heterocycles. The van der Waals surface area contributed by atoms with E-state index in [1.165, 1.54) is 6.42 Å². The average Bonchev–Trinajstić information content (AvgIpc) is 2.65. The molecule has 0 saturated carbocycles. The fraction of sp³-hybridized carbons (Fsp3) is 0.381. The van der Waals surface area contributed by atoms with E-state index in [0.717, 1.165) is 53.5 Å². The molecular formula is C21H24Cl2N2O2. The van der Waals surface area contributed by atoms with Gasteiger partial charge < -0.3 is 15.0 Å². The Bertz CT molecular complexity index is 810. The number of ether oxygens (including phenoxy) is 1. The molecule has 4 nitrogen and oxygen atoms in total. The molecule has 27 heavy (non-hydrogen) atoms. The molecule has 1 aliphatic rings. The molecule has 2 aromatic carbocycles. The Morgan fingerprint density at radius 2 is 1.78 bits per heavy atom. The molecule has 1 heterocycles. The van der Waals surface area contributed by atoms with E-state index >= 15 is 0 Å². The van der Waals surface area contributed by atoms with E-state index in [1.54, 1.807) is 0 Å². The molecule has 0 radical (unpaired) electrons. The van der Waals surface area contributed by atoms with Crippen LogP contribution in [-0.4, -0.2) is 25.6 Å². The number of piperidine rings is 1. The molecule has 6 heteroatoms. The van der Waals surface area contributed by atoms with Crippen LogP contribution in [0.5, 0.6) is 5.75 Å². The van der Waals surface area contributed by atoms with Gasteiger partial charge in [0.15, 0.2) is 6.61 Å². The number of rotatable bonds is 5. The van der Waals surface area contributed by atoms with Crippen molar-refractivity contribution in [3.63, 3.8) is 0 Å². The standard InChI is InChI=1S/C21H24Cl2N2O2/c1-14-11-16(12-15(2)20(14)23)27-13-19(26)24-18-8-6-7-17(22)21(18)25-9-4-3-5-10-25/h6-8,11-12H,3-5,9-10,13H2,1-2H3,(H,24,26). The lowest BCUT2D eigenvalue weighted by Crippen LogP contribution is -2.31. The van der Waals surface area contributed by atoms with E-state index in [9.17, 15) is 4.79 Å². The number of anilines is 2. The maximum atomic E-state index is 12.4. The van der Waals surface area contributed by atoms with Crippen LogP contribution in [0.2, 0.25) is 10.0 Å². The van der Waals surface area contributed by atoms with Gasteiger partial charge >= 0.3 is 0 Å². The number of benzene rings is 2. The smallest absolute Gasteiger partial charge is 0.262 e. The van der Waals surface area contributed by atoms with Crippen LogP contribution in [0.25, 0.3) is 0 Å². The zero-order valence-corrected chi connectivity index (χ0v) is 17.2. The lowest BCUT2D eigenvalue weighted by molar-refractivity contribution is -0.118. The maximum absolute atomic E-state index is 12.4. The first-order valence-electron chi connectivity index (χ1n) is 9.18. The van der Waals surface area contributed by atoms with Crippen LogP contribution < -0.4 is 15.0 Å². The molecule has 1 N–H and O–H groups in total. The molecule has 0 aromatic heterocycles. The molecule has 0 aliphatic carbocycles. The van der Waals surface area contributed by atoms with Gasteiger partial charge in [-0.2, -0.15) is 0 Å². The molecule has 0 spiro atoms. The third kappa shape index (κ3) is 4.88. The zero-order chi connectivity index (χ0) is 19.4. The van der Waals surface area contributed by atoms with Gasteiger partial charge in [0.25, 0.3) is 5.91 Å². The lowest BCUT2D eigenvalue weighted by atomic mass is 10.1. The van der Waals surface area contributed by atoms with Crippen molar-refractivity contribution in [1.29, 1.82) is 0 Å². The summed E-state index contributed by atoms with van der Waals surface area (Å²) in [7, 11) is 0. The molecular weight excluding hydrogens is 383 g/mol. The number of hydrogen-bond donors (Lipinski definition) is 1. The van der Waals surface area contributed by atoms with E-state index in [1.807, 2.05) is 44.2 Å². The first-order valence-corrected chi connectivity index (χ1v) is 9.94. The van der Waals surface area contributed by atoms with Crippen molar-refractivity contribution in [1.82, 2.24) is 0 Å². The molecule has 1 amide bonds. The molecule has 1 fully saturated rings. The van der Waals surface area contributed by atoms with E-state index in [4.69, 9.17) is 27.9 Å². The minimum absolute atomic E-state index is 0.0769. The quantitative estimate of drug-likeness (QED) is 0.700. The largest absolute Gasteiger partial charge is 0.484 e. The van der Waals surface area contributed by atoms with Gasteiger partial charge in [0.2, 0.25) is 0 Å². The number of carbonyl (C=O) groups is 1. The minimum atomic E-state index is -0.221. The Kier molecular flexibility index (Phi) is 6.51. The van der Waals surface area contributed by atoms with Crippen LogP contribution in [-0.2, 0) is 4.79 Å². The predicted octanol–water partition coefficient (Wildman–Crippen LogP) is 5.62. The lowest BCUT2D eigenvalue weighted by Gasteiger charge is -2.31. The predicted molar refractivity (Wildman–Crippen MR) is 113 cm³/mol. The Balaban J connectivity index is 1.68. The summed E-state index contributed by atoms with van der Waals surface area (Å²) in [5.41, 5.74) is 3.47. The maximum Gasteiger partial charge on any atom is 0.262 e. The fourth-order valence-electron chi connectivity index (χ4n) is 3.38. The Morgan fingerprint density at radius 3 is 2.44 bits per heavy atom. The Labute approximate surface area is 170 Å². The number of hydrogen-bond acceptors (Lipinski definition) is 3. The normalized spacial score (nSPS) is 14.1. The highest BCUT2D eigenvalue weighted by Gasteiger charge is 2.19. The second-order valence-electron chi connectivity index (χ2n) is 6.89. The number of nitrogens with one attached hydrogen (secondary N) is 1. The van der Waals surface area contributed by atoms with Crippen molar-refractivity contribution in [2.45, 2.75) is 33.1 Å². The number of nitrogens with zero attached hydrogens (tertiary/aromatic N) is 1. The summed E-state index contributed by atoms with van der Waals surface area (Å²) in [6, 6.07) is 9.25. The molecule has 2 aromatic rings. The summed E-state index contributed by atoms with van der Waals surface area (Å²) < 4.78 is 5.65. The van der Waals surface area contributed by atoms with E-state index in [0.29, 0.717) is 10.8 Å². The van der Waals surface area contributed by atoms with E-state index in [-0.39, 0.29) is 12.5 Å². The molecule has 0 atom stereocenters. The highest BCUT2D eigenvalue weighted by Crippen LogP contribution is 2.35. The number of carbonyl (C=O) groups excluding carboxylic acids is 1. The fourth-order valence-corrected chi connectivity index (χ4v) is 3.78.